The molecule has 2 aromatic carbocycles. The number of amides is 1. The monoisotopic (exact) mass is 494 g/mol. The highest BCUT2D eigenvalue weighted by Crippen LogP contribution is 2.44. The van der Waals surface area contributed by atoms with E-state index in [1.54, 1.807) is 41.9 Å². The van der Waals surface area contributed by atoms with Gasteiger partial charge in [0.05, 0.1) is 35.9 Å². The van der Waals surface area contributed by atoms with Crippen LogP contribution in [0.3, 0.4) is 0 Å². The van der Waals surface area contributed by atoms with Gasteiger partial charge in [-0.2, -0.15) is 23.4 Å². The summed E-state index contributed by atoms with van der Waals surface area (Å²) >= 11 is 0. The third-order valence-corrected chi connectivity index (χ3v) is 6.48. The van der Waals surface area contributed by atoms with Gasteiger partial charge in [0.1, 0.15) is 11.4 Å². The molecular formula is C26H25F3N6O. The number of benzene rings is 2. The summed E-state index contributed by atoms with van der Waals surface area (Å²) < 4.78 is 44.5. The van der Waals surface area contributed by atoms with Crippen LogP contribution < -0.4 is 10.6 Å². The molecule has 0 saturated heterocycles. The van der Waals surface area contributed by atoms with E-state index in [1.807, 2.05) is 37.3 Å². The fraction of sp³-hybridized carbons (Fsp3) is 0.269. The zero-order chi connectivity index (χ0) is 25.4. The molecule has 2 atom stereocenters. The van der Waals surface area contributed by atoms with Crippen LogP contribution in [0.1, 0.15) is 51.4 Å². The second kappa shape index (κ2) is 9.18. The Bertz CT molecular complexity index is 1380. The van der Waals surface area contributed by atoms with Crippen LogP contribution >= 0.6 is 0 Å². The summed E-state index contributed by atoms with van der Waals surface area (Å²) in [6, 6.07) is 16.2. The molecule has 4 aromatic rings. The van der Waals surface area contributed by atoms with Crippen LogP contribution in [-0.4, -0.2) is 31.6 Å². The van der Waals surface area contributed by atoms with Gasteiger partial charge in [-0.1, -0.05) is 60.7 Å². The predicted octanol–water partition coefficient (Wildman–Crippen LogP) is 5.66. The first-order chi connectivity index (χ1) is 17.2. The molecule has 5 rings (SSSR count). The largest absolute Gasteiger partial charge is 0.410 e. The number of carbonyl (C=O) groups is 1. The van der Waals surface area contributed by atoms with Crippen LogP contribution in [-0.2, 0) is 6.54 Å². The van der Waals surface area contributed by atoms with Gasteiger partial charge in [0.15, 0.2) is 6.04 Å². The standard InChI is InChI=1S/C26H25F3N6O/c1-16-23(17(2)34(33-16)15-18-9-5-3-6-10-18)32-25(36)20-14-30-35-22(26(27,28)29)13-21(31-24(20)35)19-11-7-4-8-12-19/h3-12,14,21-22,31H,13,15H2,1-2H3,(H,32,36)/t21-,22-/m0/s1. The Labute approximate surface area is 205 Å². The Kier molecular flexibility index (Phi) is 6.03. The van der Waals surface area contributed by atoms with E-state index in [2.05, 4.69) is 20.8 Å². The van der Waals surface area contributed by atoms with Crippen molar-refractivity contribution in [2.45, 2.75) is 45.1 Å². The number of alkyl halides is 3. The number of aromatic nitrogens is 4. The molecule has 0 spiro atoms. The molecule has 36 heavy (non-hydrogen) atoms. The molecule has 2 N–H and O–H groups in total. The molecule has 1 aliphatic heterocycles. The number of hydrogen-bond donors (Lipinski definition) is 2. The third-order valence-electron chi connectivity index (χ3n) is 6.48. The summed E-state index contributed by atoms with van der Waals surface area (Å²) in [7, 11) is 0. The van der Waals surface area contributed by atoms with Gasteiger partial charge in [-0.25, -0.2) is 4.68 Å². The lowest BCUT2D eigenvalue weighted by Gasteiger charge is -2.34. The molecule has 10 heteroatoms. The van der Waals surface area contributed by atoms with Crippen LogP contribution in [0.15, 0.2) is 66.9 Å². The lowest BCUT2D eigenvalue weighted by Crippen LogP contribution is -2.36. The number of nitrogens with zero attached hydrogens (tertiary/aromatic N) is 4. The van der Waals surface area contributed by atoms with Crippen molar-refractivity contribution in [2.24, 2.45) is 0 Å². The van der Waals surface area contributed by atoms with E-state index in [4.69, 9.17) is 0 Å². The van der Waals surface area contributed by atoms with Gasteiger partial charge in [0.25, 0.3) is 5.91 Å². The molecule has 1 aliphatic rings. The molecule has 0 unspecified atom stereocenters. The molecule has 0 fully saturated rings. The van der Waals surface area contributed by atoms with Crippen LogP contribution in [0.2, 0.25) is 0 Å². The van der Waals surface area contributed by atoms with Crippen LogP contribution in [0.4, 0.5) is 24.7 Å². The van der Waals surface area contributed by atoms with E-state index in [9.17, 15) is 18.0 Å². The highest BCUT2D eigenvalue weighted by molar-refractivity contribution is 6.08. The minimum absolute atomic E-state index is 0.0412. The molecule has 7 nitrogen and oxygen atoms in total. The smallest absolute Gasteiger partial charge is 0.363 e. The predicted molar refractivity (Wildman–Crippen MR) is 130 cm³/mol. The maximum atomic E-state index is 14.0. The number of nitrogens with one attached hydrogen (secondary N) is 2. The SMILES string of the molecule is Cc1nn(Cc2ccccc2)c(C)c1NC(=O)c1cnn2c1N[C@H](c1ccccc1)C[C@H]2C(F)(F)F. The Hall–Kier alpha value is -4.08. The van der Waals surface area contributed by atoms with Crippen molar-refractivity contribution in [3.8, 4) is 0 Å². The van der Waals surface area contributed by atoms with E-state index >= 15 is 0 Å². The van der Waals surface area contributed by atoms with Crippen molar-refractivity contribution >= 4 is 17.4 Å². The molecular weight excluding hydrogens is 469 g/mol. The summed E-state index contributed by atoms with van der Waals surface area (Å²) in [5.74, 6) is -0.509. The van der Waals surface area contributed by atoms with Gasteiger partial charge < -0.3 is 10.6 Å². The Morgan fingerprint density at radius 1 is 1.08 bits per heavy atom. The van der Waals surface area contributed by atoms with Crippen molar-refractivity contribution in [3.05, 3.63) is 94.9 Å². The zero-order valence-corrected chi connectivity index (χ0v) is 19.8. The van der Waals surface area contributed by atoms with E-state index in [0.29, 0.717) is 23.5 Å². The molecule has 0 aliphatic carbocycles. The van der Waals surface area contributed by atoms with Gasteiger partial charge in [-0.15, -0.1) is 0 Å². The maximum Gasteiger partial charge on any atom is 0.410 e. The lowest BCUT2D eigenvalue weighted by atomic mass is 9.96. The topological polar surface area (TPSA) is 76.8 Å². The first-order valence-corrected chi connectivity index (χ1v) is 11.6. The average molecular weight is 495 g/mol. The quantitative estimate of drug-likeness (QED) is 0.376. The summed E-state index contributed by atoms with van der Waals surface area (Å²) in [4.78, 5) is 13.3. The van der Waals surface area contributed by atoms with Crippen molar-refractivity contribution in [3.63, 3.8) is 0 Å². The highest BCUT2D eigenvalue weighted by atomic mass is 19.4. The second-order valence-corrected chi connectivity index (χ2v) is 8.90. The lowest BCUT2D eigenvalue weighted by molar-refractivity contribution is -0.173. The van der Waals surface area contributed by atoms with Crippen LogP contribution in [0.25, 0.3) is 0 Å². The van der Waals surface area contributed by atoms with E-state index in [-0.39, 0.29) is 17.8 Å². The van der Waals surface area contributed by atoms with Crippen LogP contribution in [0.5, 0.6) is 0 Å². The summed E-state index contributed by atoms with van der Waals surface area (Å²) in [6.07, 6.45) is -3.56. The molecule has 0 radical (unpaired) electrons. The summed E-state index contributed by atoms with van der Waals surface area (Å²) in [5.41, 5.74) is 3.69. The fourth-order valence-corrected chi connectivity index (χ4v) is 4.60. The van der Waals surface area contributed by atoms with Gasteiger partial charge in [-0.3, -0.25) is 9.48 Å². The Balaban J connectivity index is 1.44. The van der Waals surface area contributed by atoms with Crippen molar-refractivity contribution < 1.29 is 18.0 Å². The van der Waals surface area contributed by atoms with Gasteiger partial charge in [0.2, 0.25) is 0 Å². The Morgan fingerprint density at radius 3 is 2.42 bits per heavy atom. The Morgan fingerprint density at radius 2 is 1.75 bits per heavy atom. The first kappa shape index (κ1) is 23.7. The molecule has 3 heterocycles. The number of anilines is 2. The number of fused-ring (bicyclic) bond motifs is 1. The number of halogens is 3. The van der Waals surface area contributed by atoms with Crippen LogP contribution in [0, 0.1) is 13.8 Å². The molecule has 0 saturated carbocycles. The third kappa shape index (κ3) is 4.46. The molecule has 2 aromatic heterocycles. The number of hydrogen-bond acceptors (Lipinski definition) is 4. The normalized spacial score (nSPS) is 17.4. The summed E-state index contributed by atoms with van der Waals surface area (Å²) in [6.45, 7) is 4.15. The first-order valence-electron chi connectivity index (χ1n) is 11.6. The summed E-state index contributed by atoms with van der Waals surface area (Å²) in [5, 5.41) is 14.5. The highest BCUT2D eigenvalue weighted by Gasteiger charge is 2.47. The molecule has 186 valence electrons. The number of carbonyl (C=O) groups excluding carboxylic acids is 1. The van der Waals surface area contributed by atoms with Crippen molar-refractivity contribution in [2.75, 3.05) is 10.6 Å². The molecule has 0 bridgehead atoms. The minimum atomic E-state index is -4.52. The average Bonchev–Trinajstić information content (AvgIpc) is 3.40. The van der Waals surface area contributed by atoms with Crippen molar-refractivity contribution in [1.29, 1.82) is 0 Å². The second-order valence-electron chi connectivity index (χ2n) is 8.90. The van der Waals surface area contributed by atoms with E-state index in [1.165, 1.54) is 6.20 Å². The van der Waals surface area contributed by atoms with Gasteiger partial charge in [0, 0.05) is 6.42 Å². The van der Waals surface area contributed by atoms with Gasteiger partial charge in [-0.05, 0) is 25.0 Å². The number of rotatable bonds is 5. The van der Waals surface area contributed by atoms with E-state index < -0.39 is 24.2 Å². The zero-order valence-electron chi connectivity index (χ0n) is 19.8. The number of aryl methyl sites for hydroxylation is 1. The van der Waals surface area contributed by atoms with Crippen molar-refractivity contribution in [1.82, 2.24) is 19.6 Å². The maximum absolute atomic E-state index is 14.0. The minimum Gasteiger partial charge on any atom is -0.363 e. The van der Waals surface area contributed by atoms with E-state index in [0.717, 1.165) is 15.9 Å². The molecule has 1 amide bonds. The fourth-order valence-electron chi connectivity index (χ4n) is 4.60. The van der Waals surface area contributed by atoms with Gasteiger partial charge >= 0.3 is 6.18 Å².